The monoisotopic (exact) mass is 270 g/mol. The van der Waals surface area contributed by atoms with Crippen LogP contribution in [0.25, 0.3) is 0 Å². The summed E-state index contributed by atoms with van der Waals surface area (Å²) in [5.74, 6) is 0.727. The molecule has 0 aliphatic heterocycles. The Balaban J connectivity index is 2.28. The summed E-state index contributed by atoms with van der Waals surface area (Å²) in [5.41, 5.74) is 10.1. The highest BCUT2D eigenvalue weighted by molar-refractivity contribution is 5.78. The van der Waals surface area contributed by atoms with Crippen molar-refractivity contribution in [1.29, 1.82) is 0 Å². The SMILES string of the molecule is CCCc1ccccc1Nc1cccc(OCC)c1N. The summed E-state index contributed by atoms with van der Waals surface area (Å²) >= 11 is 0. The van der Waals surface area contributed by atoms with Gasteiger partial charge in [-0.15, -0.1) is 0 Å². The van der Waals surface area contributed by atoms with Crippen molar-refractivity contribution in [3.63, 3.8) is 0 Å². The van der Waals surface area contributed by atoms with E-state index in [1.54, 1.807) is 0 Å². The fourth-order valence-electron chi connectivity index (χ4n) is 2.21. The van der Waals surface area contributed by atoms with E-state index in [0.717, 1.165) is 30.0 Å². The molecular formula is C17H22N2O. The number of aryl methyl sites for hydroxylation is 1. The first kappa shape index (κ1) is 14.3. The second-order valence-corrected chi connectivity index (χ2v) is 4.68. The molecule has 0 radical (unpaired) electrons. The van der Waals surface area contributed by atoms with Gasteiger partial charge in [-0.2, -0.15) is 0 Å². The Morgan fingerprint density at radius 1 is 1.00 bits per heavy atom. The highest BCUT2D eigenvalue weighted by Gasteiger charge is 2.07. The number of rotatable bonds is 6. The first-order valence-electron chi connectivity index (χ1n) is 7.12. The summed E-state index contributed by atoms with van der Waals surface area (Å²) in [6.45, 7) is 4.75. The summed E-state index contributed by atoms with van der Waals surface area (Å²) in [7, 11) is 0. The summed E-state index contributed by atoms with van der Waals surface area (Å²) in [6, 6.07) is 14.1. The molecule has 0 saturated heterocycles. The maximum absolute atomic E-state index is 6.15. The second kappa shape index (κ2) is 6.85. The van der Waals surface area contributed by atoms with Gasteiger partial charge in [0.2, 0.25) is 0 Å². The zero-order valence-corrected chi connectivity index (χ0v) is 12.1. The minimum absolute atomic E-state index is 0.611. The largest absolute Gasteiger partial charge is 0.492 e. The van der Waals surface area contributed by atoms with Gasteiger partial charge in [0.15, 0.2) is 0 Å². The predicted molar refractivity (Wildman–Crippen MR) is 85.7 cm³/mol. The van der Waals surface area contributed by atoms with E-state index in [2.05, 4.69) is 30.4 Å². The standard InChI is InChI=1S/C17H22N2O/c1-3-8-13-9-5-6-10-14(13)19-15-11-7-12-16(17(15)18)20-4-2/h5-7,9-12,19H,3-4,8,18H2,1-2H3. The fraction of sp³-hybridized carbons (Fsp3) is 0.294. The Morgan fingerprint density at radius 3 is 2.50 bits per heavy atom. The summed E-state index contributed by atoms with van der Waals surface area (Å²) in [6.07, 6.45) is 2.17. The smallest absolute Gasteiger partial charge is 0.144 e. The van der Waals surface area contributed by atoms with Gasteiger partial charge in [-0.25, -0.2) is 0 Å². The van der Waals surface area contributed by atoms with Crippen molar-refractivity contribution in [2.45, 2.75) is 26.7 Å². The van der Waals surface area contributed by atoms with Crippen molar-refractivity contribution in [1.82, 2.24) is 0 Å². The second-order valence-electron chi connectivity index (χ2n) is 4.68. The van der Waals surface area contributed by atoms with E-state index in [0.29, 0.717) is 12.3 Å². The summed E-state index contributed by atoms with van der Waals surface area (Å²) in [5, 5.41) is 3.42. The lowest BCUT2D eigenvalue weighted by Gasteiger charge is -2.15. The van der Waals surface area contributed by atoms with Gasteiger partial charge in [-0.1, -0.05) is 37.6 Å². The van der Waals surface area contributed by atoms with Crippen molar-refractivity contribution in [3.8, 4) is 5.75 Å². The Kier molecular flexibility index (Phi) is 4.88. The predicted octanol–water partition coefficient (Wildman–Crippen LogP) is 4.36. The van der Waals surface area contributed by atoms with Crippen LogP contribution in [0.15, 0.2) is 42.5 Å². The molecule has 0 spiro atoms. The normalized spacial score (nSPS) is 10.3. The fourth-order valence-corrected chi connectivity index (χ4v) is 2.21. The highest BCUT2D eigenvalue weighted by Crippen LogP contribution is 2.32. The number of para-hydroxylation sites is 2. The van der Waals surface area contributed by atoms with Gasteiger partial charge in [0, 0.05) is 5.69 Å². The van der Waals surface area contributed by atoms with Crippen LogP contribution < -0.4 is 15.8 Å². The van der Waals surface area contributed by atoms with E-state index in [-0.39, 0.29) is 0 Å². The highest BCUT2D eigenvalue weighted by atomic mass is 16.5. The third-order valence-electron chi connectivity index (χ3n) is 3.17. The van der Waals surface area contributed by atoms with Crippen LogP contribution in [0.1, 0.15) is 25.8 Å². The van der Waals surface area contributed by atoms with Gasteiger partial charge in [0.05, 0.1) is 18.0 Å². The van der Waals surface area contributed by atoms with Crippen LogP contribution in [0.5, 0.6) is 5.75 Å². The van der Waals surface area contributed by atoms with Crippen LogP contribution in [0.3, 0.4) is 0 Å². The van der Waals surface area contributed by atoms with Crippen molar-refractivity contribution in [2.75, 3.05) is 17.7 Å². The van der Waals surface area contributed by atoms with Gasteiger partial charge in [0.25, 0.3) is 0 Å². The van der Waals surface area contributed by atoms with Crippen LogP contribution in [-0.4, -0.2) is 6.61 Å². The van der Waals surface area contributed by atoms with Crippen LogP contribution in [0.4, 0.5) is 17.1 Å². The molecule has 3 heteroatoms. The zero-order valence-electron chi connectivity index (χ0n) is 12.1. The van der Waals surface area contributed by atoms with Crippen LogP contribution in [0.2, 0.25) is 0 Å². The molecule has 0 amide bonds. The maximum atomic E-state index is 6.15. The minimum atomic E-state index is 0.611. The minimum Gasteiger partial charge on any atom is -0.492 e. The molecule has 0 heterocycles. The Bertz CT molecular complexity index is 567. The molecule has 0 aliphatic carbocycles. The lowest BCUT2D eigenvalue weighted by atomic mass is 10.1. The molecule has 0 bridgehead atoms. The zero-order chi connectivity index (χ0) is 14.4. The summed E-state index contributed by atoms with van der Waals surface area (Å²) in [4.78, 5) is 0. The molecule has 3 N–H and O–H groups in total. The molecule has 2 rings (SSSR count). The van der Waals surface area contributed by atoms with Gasteiger partial charge in [-0.3, -0.25) is 0 Å². The van der Waals surface area contributed by atoms with E-state index in [1.165, 1.54) is 5.56 Å². The number of nitrogens with two attached hydrogens (primary N) is 1. The van der Waals surface area contributed by atoms with E-state index in [1.807, 2.05) is 31.2 Å². The maximum Gasteiger partial charge on any atom is 0.144 e. The molecule has 0 aliphatic rings. The molecule has 0 saturated carbocycles. The van der Waals surface area contributed by atoms with Crippen molar-refractivity contribution < 1.29 is 4.74 Å². The molecule has 0 aromatic heterocycles. The van der Waals surface area contributed by atoms with Crippen molar-refractivity contribution in [2.24, 2.45) is 0 Å². The quantitative estimate of drug-likeness (QED) is 0.766. The van der Waals surface area contributed by atoms with Crippen molar-refractivity contribution in [3.05, 3.63) is 48.0 Å². The summed E-state index contributed by atoms with van der Waals surface area (Å²) < 4.78 is 5.53. The number of ether oxygens (including phenoxy) is 1. The molecule has 0 unspecified atom stereocenters. The van der Waals surface area contributed by atoms with Crippen LogP contribution >= 0.6 is 0 Å². The van der Waals surface area contributed by atoms with E-state index in [9.17, 15) is 0 Å². The Labute approximate surface area is 120 Å². The van der Waals surface area contributed by atoms with Gasteiger partial charge < -0.3 is 15.8 Å². The van der Waals surface area contributed by atoms with Crippen LogP contribution in [-0.2, 0) is 6.42 Å². The Hall–Kier alpha value is -2.16. The average molecular weight is 270 g/mol. The van der Waals surface area contributed by atoms with Crippen molar-refractivity contribution >= 4 is 17.1 Å². The van der Waals surface area contributed by atoms with E-state index < -0.39 is 0 Å². The third-order valence-corrected chi connectivity index (χ3v) is 3.17. The third kappa shape index (κ3) is 3.23. The molecule has 0 fully saturated rings. The molecule has 2 aromatic rings. The number of nitrogen functional groups attached to an aromatic ring is 1. The molecule has 106 valence electrons. The van der Waals surface area contributed by atoms with Crippen LogP contribution in [0, 0.1) is 0 Å². The lowest BCUT2D eigenvalue weighted by Crippen LogP contribution is -2.02. The van der Waals surface area contributed by atoms with Gasteiger partial charge in [-0.05, 0) is 37.1 Å². The van der Waals surface area contributed by atoms with Gasteiger partial charge >= 0.3 is 0 Å². The number of anilines is 3. The average Bonchev–Trinajstić information content (AvgIpc) is 2.46. The molecule has 2 aromatic carbocycles. The number of nitrogens with one attached hydrogen (secondary N) is 1. The van der Waals surface area contributed by atoms with Gasteiger partial charge in [0.1, 0.15) is 5.75 Å². The van der Waals surface area contributed by atoms with E-state index in [4.69, 9.17) is 10.5 Å². The number of hydrogen-bond acceptors (Lipinski definition) is 3. The topological polar surface area (TPSA) is 47.3 Å². The molecule has 3 nitrogen and oxygen atoms in total. The Morgan fingerprint density at radius 2 is 1.75 bits per heavy atom. The first-order chi connectivity index (χ1) is 9.76. The number of hydrogen-bond donors (Lipinski definition) is 2. The molecule has 0 atom stereocenters. The first-order valence-corrected chi connectivity index (χ1v) is 7.12. The molecular weight excluding hydrogens is 248 g/mol. The van der Waals surface area contributed by atoms with E-state index >= 15 is 0 Å². The lowest BCUT2D eigenvalue weighted by molar-refractivity contribution is 0.342. The molecule has 20 heavy (non-hydrogen) atoms. The number of benzene rings is 2.